The van der Waals surface area contributed by atoms with Crippen molar-refractivity contribution in [3.05, 3.63) is 57.8 Å². The van der Waals surface area contributed by atoms with Gasteiger partial charge in [-0.3, -0.25) is 0 Å². The van der Waals surface area contributed by atoms with E-state index in [2.05, 4.69) is 35.8 Å². The summed E-state index contributed by atoms with van der Waals surface area (Å²) < 4.78 is 0. The second-order valence-electron chi connectivity index (χ2n) is 6.83. The largest absolute Gasteiger partial charge is 0.389 e. The number of urea groups is 1. The Morgan fingerprint density at radius 2 is 1.96 bits per heavy atom. The van der Waals surface area contributed by atoms with Crippen LogP contribution in [0, 0.1) is 6.92 Å². The lowest BCUT2D eigenvalue weighted by atomic mass is 10.0. The number of amides is 2. The lowest BCUT2D eigenvalue weighted by Crippen LogP contribution is -2.45. The van der Waals surface area contributed by atoms with Crippen molar-refractivity contribution < 1.29 is 9.90 Å². The number of nitrogens with zero attached hydrogens (tertiary/aromatic N) is 1. The van der Waals surface area contributed by atoms with Crippen LogP contribution in [0.3, 0.4) is 0 Å². The Morgan fingerprint density at radius 3 is 2.50 bits per heavy atom. The molecule has 5 heteroatoms. The van der Waals surface area contributed by atoms with Gasteiger partial charge in [0.25, 0.3) is 0 Å². The van der Waals surface area contributed by atoms with Gasteiger partial charge < -0.3 is 15.3 Å². The minimum atomic E-state index is -0.917. The molecule has 0 bridgehead atoms. The Bertz CT molecular complexity index is 662. The molecule has 2 aromatic rings. The molecule has 4 nitrogen and oxygen atoms in total. The predicted molar refractivity (Wildman–Crippen MR) is 99.4 cm³/mol. The van der Waals surface area contributed by atoms with Crippen LogP contribution in [-0.4, -0.2) is 35.2 Å². The first-order valence-corrected chi connectivity index (χ1v) is 8.96. The third-order valence-corrected chi connectivity index (χ3v) is 4.90. The number of nitrogens with one attached hydrogen (secondary N) is 1. The van der Waals surface area contributed by atoms with Gasteiger partial charge in [-0.05, 0) is 49.8 Å². The summed E-state index contributed by atoms with van der Waals surface area (Å²) >= 11 is 1.66. The summed E-state index contributed by atoms with van der Waals surface area (Å²) in [6.07, 6.45) is 0.740. The lowest BCUT2D eigenvalue weighted by molar-refractivity contribution is 0.0528. The molecule has 0 saturated carbocycles. The molecule has 1 aromatic carbocycles. The highest BCUT2D eigenvalue weighted by Gasteiger charge is 2.23. The highest BCUT2D eigenvalue weighted by molar-refractivity contribution is 7.10. The fraction of sp³-hybridized carbons (Fsp3) is 0.421. The second kappa shape index (κ2) is 7.81. The normalized spacial score (nSPS) is 12.7. The smallest absolute Gasteiger partial charge is 0.317 e. The maximum Gasteiger partial charge on any atom is 0.317 e. The van der Waals surface area contributed by atoms with Crippen LogP contribution in [0.25, 0.3) is 0 Å². The van der Waals surface area contributed by atoms with E-state index in [1.54, 1.807) is 32.2 Å². The first-order valence-electron chi connectivity index (χ1n) is 8.08. The van der Waals surface area contributed by atoms with Gasteiger partial charge >= 0.3 is 6.03 Å². The first-order chi connectivity index (χ1) is 11.3. The average molecular weight is 346 g/mol. The molecule has 1 atom stereocenters. The second-order valence-corrected chi connectivity index (χ2v) is 7.78. The van der Waals surface area contributed by atoms with Gasteiger partial charge in [-0.2, -0.15) is 0 Å². The van der Waals surface area contributed by atoms with Gasteiger partial charge in [0.05, 0.1) is 18.2 Å². The summed E-state index contributed by atoms with van der Waals surface area (Å²) in [6.45, 7) is 5.74. The van der Waals surface area contributed by atoms with Gasteiger partial charge in [0.1, 0.15) is 0 Å². The van der Waals surface area contributed by atoms with Gasteiger partial charge in [0.15, 0.2) is 0 Å². The number of thiophene rings is 1. The fourth-order valence-corrected chi connectivity index (χ4v) is 3.69. The number of hydrogen-bond acceptors (Lipinski definition) is 3. The highest BCUT2D eigenvalue weighted by Crippen LogP contribution is 2.27. The van der Waals surface area contributed by atoms with E-state index in [-0.39, 0.29) is 18.6 Å². The topological polar surface area (TPSA) is 52.6 Å². The Labute approximate surface area is 148 Å². The van der Waals surface area contributed by atoms with Crippen LogP contribution in [0.1, 0.15) is 35.9 Å². The molecule has 2 amide bonds. The quantitative estimate of drug-likeness (QED) is 0.837. The molecule has 0 fully saturated rings. The number of likely N-dealkylation sites (N-methyl/N-ethyl adjacent to an activating group) is 1. The van der Waals surface area contributed by atoms with Gasteiger partial charge in [-0.1, -0.05) is 30.3 Å². The van der Waals surface area contributed by atoms with E-state index in [0.717, 1.165) is 6.42 Å². The van der Waals surface area contributed by atoms with Crippen LogP contribution < -0.4 is 5.32 Å². The van der Waals surface area contributed by atoms with Crippen molar-refractivity contribution in [3.8, 4) is 0 Å². The zero-order valence-corrected chi connectivity index (χ0v) is 15.6. The number of hydrogen-bond donors (Lipinski definition) is 2. The van der Waals surface area contributed by atoms with E-state index in [9.17, 15) is 9.90 Å². The van der Waals surface area contributed by atoms with Crippen molar-refractivity contribution >= 4 is 17.4 Å². The summed E-state index contributed by atoms with van der Waals surface area (Å²) in [5, 5.41) is 15.1. The number of benzene rings is 1. The Morgan fingerprint density at radius 1 is 1.29 bits per heavy atom. The molecule has 1 heterocycles. The molecule has 0 saturated heterocycles. The van der Waals surface area contributed by atoms with Gasteiger partial charge in [0, 0.05) is 11.9 Å². The van der Waals surface area contributed by atoms with Crippen molar-refractivity contribution in [2.24, 2.45) is 0 Å². The summed E-state index contributed by atoms with van der Waals surface area (Å²) in [5.74, 6) is 0. The molecule has 24 heavy (non-hydrogen) atoms. The van der Waals surface area contributed by atoms with Crippen molar-refractivity contribution in [3.63, 3.8) is 0 Å². The molecular formula is C19H26N2O2S. The van der Waals surface area contributed by atoms with E-state index in [1.165, 1.54) is 20.9 Å². The molecule has 0 aliphatic carbocycles. The molecule has 2 rings (SSSR count). The third-order valence-electron chi connectivity index (χ3n) is 3.77. The molecule has 1 aromatic heterocycles. The average Bonchev–Trinajstić information content (AvgIpc) is 2.92. The summed E-state index contributed by atoms with van der Waals surface area (Å²) in [4.78, 5) is 15.2. The Kier molecular flexibility index (Phi) is 6.02. The van der Waals surface area contributed by atoms with Gasteiger partial charge in [-0.15, -0.1) is 11.3 Å². The zero-order valence-electron chi connectivity index (χ0n) is 14.7. The molecule has 2 N–H and O–H groups in total. The number of carbonyl (C=O) groups excluding carboxylic acids is 1. The minimum absolute atomic E-state index is 0.0795. The Balaban J connectivity index is 2.14. The molecule has 0 aliphatic rings. The van der Waals surface area contributed by atoms with Gasteiger partial charge in [0.2, 0.25) is 0 Å². The maximum atomic E-state index is 12.5. The van der Waals surface area contributed by atoms with E-state index >= 15 is 0 Å². The summed E-state index contributed by atoms with van der Waals surface area (Å²) in [5.41, 5.74) is 1.45. The first kappa shape index (κ1) is 18.5. The standard InChI is InChI=1S/C19H26N2O2S/c1-14-10-11-24-17(14)16(12-15-8-6-5-7-9-15)20-18(22)21(4)13-19(2,3)23/h5-11,16,23H,12-13H2,1-4H3,(H,20,22). The SMILES string of the molecule is Cc1ccsc1C(Cc1ccccc1)NC(=O)N(C)CC(C)(C)O. The molecule has 0 radical (unpaired) electrons. The van der Waals surface area contributed by atoms with Crippen molar-refractivity contribution in [1.82, 2.24) is 10.2 Å². The summed E-state index contributed by atoms with van der Waals surface area (Å²) in [6, 6.07) is 12.0. The van der Waals surface area contributed by atoms with Crippen LogP contribution in [0.15, 0.2) is 41.8 Å². The van der Waals surface area contributed by atoms with Crippen LogP contribution >= 0.6 is 11.3 Å². The number of rotatable bonds is 6. The van der Waals surface area contributed by atoms with E-state index < -0.39 is 5.60 Å². The van der Waals surface area contributed by atoms with E-state index in [4.69, 9.17) is 0 Å². The number of carbonyl (C=O) groups is 1. The predicted octanol–water partition coefficient (Wildman–Crippen LogP) is 3.75. The van der Waals surface area contributed by atoms with Crippen molar-refractivity contribution in [2.45, 2.75) is 38.8 Å². The molecular weight excluding hydrogens is 320 g/mol. The monoisotopic (exact) mass is 346 g/mol. The van der Waals surface area contributed by atoms with Crippen LogP contribution in [-0.2, 0) is 6.42 Å². The van der Waals surface area contributed by atoms with E-state index in [1.807, 2.05) is 18.2 Å². The van der Waals surface area contributed by atoms with E-state index in [0.29, 0.717) is 0 Å². The molecule has 130 valence electrons. The zero-order chi connectivity index (χ0) is 17.7. The van der Waals surface area contributed by atoms with Crippen molar-refractivity contribution in [1.29, 1.82) is 0 Å². The summed E-state index contributed by atoms with van der Waals surface area (Å²) in [7, 11) is 1.70. The number of aryl methyl sites for hydroxylation is 1. The Hall–Kier alpha value is -1.85. The maximum absolute atomic E-state index is 12.5. The highest BCUT2D eigenvalue weighted by atomic mass is 32.1. The molecule has 0 aliphatic heterocycles. The molecule has 0 spiro atoms. The van der Waals surface area contributed by atoms with Crippen LogP contribution in [0.2, 0.25) is 0 Å². The van der Waals surface area contributed by atoms with Crippen LogP contribution in [0.4, 0.5) is 4.79 Å². The lowest BCUT2D eigenvalue weighted by Gasteiger charge is -2.28. The van der Waals surface area contributed by atoms with Crippen molar-refractivity contribution in [2.75, 3.05) is 13.6 Å². The molecule has 1 unspecified atom stereocenters. The number of aliphatic hydroxyl groups is 1. The third kappa shape index (κ3) is 5.35. The minimum Gasteiger partial charge on any atom is -0.389 e. The van der Waals surface area contributed by atoms with Crippen LogP contribution in [0.5, 0.6) is 0 Å². The fourth-order valence-electron chi connectivity index (χ4n) is 2.71. The van der Waals surface area contributed by atoms with Gasteiger partial charge in [-0.25, -0.2) is 4.79 Å².